The number of amides is 4. The third kappa shape index (κ3) is 3.46. The highest BCUT2D eigenvalue weighted by molar-refractivity contribution is 6.39. The second kappa shape index (κ2) is 6.53. The molecule has 0 unspecified atom stereocenters. The molecule has 2 aromatic rings. The van der Waals surface area contributed by atoms with Crippen molar-refractivity contribution in [1.82, 2.24) is 5.32 Å². The second-order valence-corrected chi connectivity index (χ2v) is 6.29. The fraction of sp³-hybridized carbons (Fsp3) is 0.105. The summed E-state index contributed by atoms with van der Waals surface area (Å²) < 4.78 is 0. The minimum Gasteiger partial charge on any atom is -0.273 e. The number of barbiturate groups is 1. The van der Waals surface area contributed by atoms with Gasteiger partial charge >= 0.3 is 6.03 Å². The van der Waals surface area contributed by atoms with E-state index in [4.69, 9.17) is 11.6 Å². The fourth-order valence-corrected chi connectivity index (χ4v) is 2.82. The predicted molar refractivity (Wildman–Crippen MR) is 96.4 cm³/mol. The van der Waals surface area contributed by atoms with Gasteiger partial charge in [0.2, 0.25) is 0 Å². The van der Waals surface area contributed by atoms with Crippen LogP contribution < -0.4 is 10.2 Å². The summed E-state index contributed by atoms with van der Waals surface area (Å²) in [5.41, 5.74) is 2.78. The van der Waals surface area contributed by atoms with Crippen LogP contribution in [0.3, 0.4) is 0 Å². The molecule has 25 heavy (non-hydrogen) atoms. The van der Waals surface area contributed by atoms with Gasteiger partial charge in [-0.3, -0.25) is 14.9 Å². The molecule has 0 aliphatic carbocycles. The van der Waals surface area contributed by atoms with Crippen LogP contribution in [-0.4, -0.2) is 17.8 Å². The van der Waals surface area contributed by atoms with Gasteiger partial charge in [0.15, 0.2) is 0 Å². The maximum Gasteiger partial charge on any atom is 0.335 e. The van der Waals surface area contributed by atoms with Crippen molar-refractivity contribution in [3.05, 3.63) is 69.8 Å². The average molecular weight is 355 g/mol. The Morgan fingerprint density at radius 2 is 1.56 bits per heavy atom. The molecule has 4 amide bonds. The first-order chi connectivity index (χ1) is 11.8. The number of nitrogens with one attached hydrogen (secondary N) is 1. The summed E-state index contributed by atoms with van der Waals surface area (Å²) >= 11 is 5.84. The lowest BCUT2D eigenvalue weighted by molar-refractivity contribution is -0.122. The lowest BCUT2D eigenvalue weighted by Crippen LogP contribution is -2.54. The SMILES string of the molecule is Cc1cc(C)cc(N2C(=O)NC(=O)C(=Cc3ccc(Cl)cc3)C2=O)c1. The van der Waals surface area contributed by atoms with Crippen molar-refractivity contribution >= 4 is 41.2 Å². The Hall–Kier alpha value is -2.92. The fourth-order valence-electron chi connectivity index (χ4n) is 2.70. The van der Waals surface area contributed by atoms with Crippen LogP contribution in [-0.2, 0) is 9.59 Å². The highest BCUT2D eigenvalue weighted by Crippen LogP contribution is 2.24. The van der Waals surface area contributed by atoms with Crippen molar-refractivity contribution < 1.29 is 14.4 Å². The van der Waals surface area contributed by atoms with E-state index in [0.29, 0.717) is 16.3 Å². The second-order valence-electron chi connectivity index (χ2n) is 5.86. The van der Waals surface area contributed by atoms with E-state index in [1.807, 2.05) is 19.9 Å². The van der Waals surface area contributed by atoms with Gasteiger partial charge in [0.05, 0.1) is 5.69 Å². The number of imide groups is 2. The molecule has 1 heterocycles. The van der Waals surface area contributed by atoms with Crippen molar-refractivity contribution in [3.8, 4) is 0 Å². The molecule has 0 saturated carbocycles. The van der Waals surface area contributed by atoms with Crippen LogP contribution in [0, 0.1) is 13.8 Å². The van der Waals surface area contributed by atoms with Crippen LogP contribution in [0.2, 0.25) is 5.02 Å². The number of anilines is 1. The van der Waals surface area contributed by atoms with E-state index in [0.717, 1.165) is 16.0 Å². The largest absolute Gasteiger partial charge is 0.335 e. The molecule has 2 aromatic carbocycles. The number of hydrogen-bond acceptors (Lipinski definition) is 3. The Morgan fingerprint density at radius 1 is 0.960 bits per heavy atom. The van der Waals surface area contributed by atoms with Crippen LogP contribution in [0.25, 0.3) is 6.08 Å². The summed E-state index contributed by atoms with van der Waals surface area (Å²) in [5, 5.41) is 2.76. The van der Waals surface area contributed by atoms with E-state index in [9.17, 15) is 14.4 Å². The molecule has 1 saturated heterocycles. The van der Waals surface area contributed by atoms with E-state index in [2.05, 4.69) is 5.32 Å². The van der Waals surface area contributed by atoms with Gasteiger partial charge in [-0.1, -0.05) is 29.8 Å². The standard InChI is InChI=1S/C19H15ClN2O3/c1-11-7-12(2)9-15(8-11)22-18(24)16(17(23)21-19(22)25)10-13-3-5-14(20)6-4-13/h3-10H,1-2H3,(H,21,23,25). The molecule has 6 heteroatoms. The predicted octanol–water partition coefficient (Wildman–Crippen LogP) is 3.62. The highest BCUT2D eigenvalue weighted by Gasteiger charge is 2.36. The van der Waals surface area contributed by atoms with Gasteiger partial charge in [-0.25, -0.2) is 9.69 Å². The van der Waals surface area contributed by atoms with Gasteiger partial charge in [-0.05, 0) is 60.9 Å². The van der Waals surface area contributed by atoms with E-state index in [-0.39, 0.29) is 5.57 Å². The van der Waals surface area contributed by atoms with Crippen LogP contribution >= 0.6 is 11.6 Å². The number of urea groups is 1. The molecule has 1 aliphatic rings. The highest BCUT2D eigenvalue weighted by atomic mass is 35.5. The summed E-state index contributed by atoms with van der Waals surface area (Å²) in [7, 11) is 0. The van der Waals surface area contributed by atoms with E-state index >= 15 is 0 Å². The van der Waals surface area contributed by atoms with E-state index in [1.54, 1.807) is 36.4 Å². The van der Waals surface area contributed by atoms with Crippen molar-refractivity contribution in [2.75, 3.05) is 4.90 Å². The van der Waals surface area contributed by atoms with E-state index in [1.165, 1.54) is 6.08 Å². The number of rotatable bonds is 2. The number of nitrogens with zero attached hydrogens (tertiary/aromatic N) is 1. The van der Waals surface area contributed by atoms with Crippen LogP contribution in [0.15, 0.2) is 48.0 Å². The van der Waals surface area contributed by atoms with Crippen molar-refractivity contribution in [2.24, 2.45) is 0 Å². The van der Waals surface area contributed by atoms with Gasteiger partial charge in [-0.2, -0.15) is 0 Å². The number of halogens is 1. The van der Waals surface area contributed by atoms with Gasteiger partial charge in [0.25, 0.3) is 11.8 Å². The quantitative estimate of drug-likeness (QED) is 0.661. The van der Waals surface area contributed by atoms with Crippen LogP contribution in [0.5, 0.6) is 0 Å². The molecule has 0 atom stereocenters. The Kier molecular flexibility index (Phi) is 4.42. The first-order valence-corrected chi connectivity index (χ1v) is 7.98. The molecule has 3 rings (SSSR count). The normalized spacial score (nSPS) is 16.4. The third-order valence-electron chi connectivity index (χ3n) is 3.75. The molecule has 0 radical (unpaired) electrons. The monoisotopic (exact) mass is 354 g/mol. The van der Waals surface area contributed by atoms with Crippen molar-refractivity contribution in [1.29, 1.82) is 0 Å². The topological polar surface area (TPSA) is 66.5 Å². The molecule has 0 aromatic heterocycles. The lowest BCUT2D eigenvalue weighted by Gasteiger charge is -2.27. The summed E-state index contributed by atoms with van der Waals surface area (Å²) in [6.45, 7) is 3.75. The number of carbonyl (C=O) groups excluding carboxylic acids is 3. The zero-order valence-corrected chi connectivity index (χ0v) is 14.4. The zero-order chi connectivity index (χ0) is 18.1. The first-order valence-electron chi connectivity index (χ1n) is 7.60. The average Bonchev–Trinajstić information content (AvgIpc) is 2.52. The van der Waals surface area contributed by atoms with Crippen LogP contribution in [0.4, 0.5) is 10.5 Å². The number of benzene rings is 2. The third-order valence-corrected chi connectivity index (χ3v) is 4.00. The Labute approximate surface area is 149 Å². The van der Waals surface area contributed by atoms with Crippen LogP contribution in [0.1, 0.15) is 16.7 Å². The van der Waals surface area contributed by atoms with Gasteiger partial charge in [0.1, 0.15) is 5.57 Å². The van der Waals surface area contributed by atoms with Gasteiger partial charge < -0.3 is 0 Å². The molecule has 0 spiro atoms. The molecule has 1 fully saturated rings. The van der Waals surface area contributed by atoms with Crippen molar-refractivity contribution in [2.45, 2.75) is 13.8 Å². The van der Waals surface area contributed by atoms with Gasteiger partial charge in [-0.15, -0.1) is 0 Å². The van der Waals surface area contributed by atoms with E-state index < -0.39 is 17.8 Å². The number of hydrogen-bond donors (Lipinski definition) is 1. The minimum absolute atomic E-state index is 0.110. The first kappa shape index (κ1) is 16.9. The van der Waals surface area contributed by atoms with Crippen molar-refractivity contribution in [3.63, 3.8) is 0 Å². The summed E-state index contributed by atoms with van der Waals surface area (Å²) in [6.07, 6.45) is 1.44. The maximum atomic E-state index is 12.8. The molecule has 0 bridgehead atoms. The Bertz CT molecular complexity index is 897. The summed E-state index contributed by atoms with van der Waals surface area (Å²) in [6, 6.07) is 11.3. The lowest BCUT2D eigenvalue weighted by atomic mass is 10.1. The summed E-state index contributed by atoms with van der Waals surface area (Å²) in [5.74, 6) is -1.38. The molecule has 5 nitrogen and oxygen atoms in total. The number of carbonyl (C=O) groups is 3. The molecule has 1 N–H and O–H groups in total. The minimum atomic E-state index is -0.756. The maximum absolute atomic E-state index is 12.8. The zero-order valence-electron chi connectivity index (χ0n) is 13.7. The number of aryl methyl sites for hydroxylation is 2. The Balaban J connectivity index is 2.03. The molecule has 1 aliphatic heterocycles. The molecule has 126 valence electrons. The van der Waals surface area contributed by atoms with Gasteiger partial charge in [0, 0.05) is 5.02 Å². The smallest absolute Gasteiger partial charge is 0.273 e. The Morgan fingerprint density at radius 3 is 2.16 bits per heavy atom. The summed E-state index contributed by atoms with van der Waals surface area (Å²) in [4.78, 5) is 38.1. The molecular weight excluding hydrogens is 340 g/mol. The molecular formula is C19H15ClN2O3.